The van der Waals surface area contributed by atoms with Gasteiger partial charge in [-0.05, 0) is 11.1 Å². The van der Waals surface area contributed by atoms with Crippen molar-refractivity contribution in [3.8, 4) is 0 Å². The van der Waals surface area contributed by atoms with Crippen LogP contribution in [-0.4, -0.2) is 5.91 Å². The van der Waals surface area contributed by atoms with E-state index >= 15 is 0 Å². The summed E-state index contributed by atoms with van der Waals surface area (Å²) in [6.45, 7) is 0.314. The van der Waals surface area contributed by atoms with Crippen molar-refractivity contribution in [1.82, 2.24) is 5.48 Å². The minimum atomic E-state index is -0.725. The molecule has 2 rings (SSSR count). The lowest BCUT2D eigenvalue weighted by Gasteiger charge is -2.12. The largest absolute Gasteiger partial charge is 0.316 e. The summed E-state index contributed by atoms with van der Waals surface area (Å²) in [7, 11) is 0. The second-order valence-electron chi connectivity index (χ2n) is 4.13. The van der Waals surface area contributed by atoms with E-state index in [9.17, 15) is 4.79 Å². The highest BCUT2D eigenvalue weighted by atomic mass is 16.6. The summed E-state index contributed by atoms with van der Waals surface area (Å²) in [6, 6.07) is 18.0. The molecule has 1 amide bonds. The van der Waals surface area contributed by atoms with E-state index in [0.29, 0.717) is 6.61 Å². The maximum atomic E-state index is 11.8. The quantitative estimate of drug-likeness (QED) is 0.803. The zero-order chi connectivity index (χ0) is 13.5. The van der Waals surface area contributed by atoms with Crippen molar-refractivity contribution >= 4 is 5.91 Å². The minimum Gasteiger partial charge on any atom is -0.316 e. The van der Waals surface area contributed by atoms with Gasteiger partial charge in [0, 0.05) is 0 Å². The lowest BCUT2D eigenvalue weighted by molar-refractivity contribution is -0.136. The fraction of sp³-hybridized carbons (Fsp3) is 0.133. The van der Waals surface area contributed by atoms with Gasteiger partial charge in [-0.3, -0.25) is 9.63 Å². The van der Waals surface area contributed by atoms with E-state index < -0.39 is 6.04 Å². The van der Waals surface area contributed by atoms with Crippen LogP contribution in [0.15, 0.2) is 60.7 Å². The summed E-state index contributed by atoms with van der Waals surface area (Å²) in [5, 5.41) is 0. The summed E-state index contributed by atoms with van der Waals surface area (Å²) >= 11 is 0. The average Bonchev–Trinajstić information content (AvgIpc) is 2.48. The number of carbonyl (C=O) groups is 1. The molecule has 0 aliphatic rings. The van der Waals surface area contributed by atoms with Crippen molar-refractivity contribution in [3.63, 3.8) is 0 Å². The van der Waals surface area contributed by atoms with Gasteiger partial charge in [-0.25, -0.2) is 5.48 Å². The van der Waals surface area contributed by atoms with Crippen molar-refractivity contribution in [2.45, 2.75) is 12.6 Å². The van der Waals surface area contributed by atoms with Crippen LogP contribution in [0.25, 0.3) is 0 Å². The zero-order valence-corrected chi connectivity index (χ0v) is 10.5. The van der Waals surface area contributed by atoms with E-state index in [1.165, 1.54) is 0 Å². The standard InChI is InChI=1S/C15H16N2O2/c16-14(13-9-5-2-6-10-13)15(18)17-19-11-12-7-3-1-4-8-12/h1-10,14H,11,16H2,(H,17,18)/t14-/m1/s1. The van der Waals surface area contributed by atoms with E-state index in [4.69, 9.17) is 10.6 Å². The first kappa shape index (κ1) is 13.3. The van der Waals surface area contributed by atoms with Crippen molar-refractivity contribution in [3.05, 3.63) is 71.8 Å². The van der Waals surface area contributed by atoms with Gasteiger partial charge in [0.1, 0.15) is 6.04 Å². The molecule has 0 saturated heterocycles. The number of amides is 1. The van der Waals surface area contributed by atoms with Crippen LogP contribution in [0.1, 0.15) is 17.2 Å². The van der Waals surface area contributed by atoms with E-state index in [2.05, 4.69) is 5.48 Å². The zero-order valence-electron chi connectivity index (χ0n) is 10.5. The highest BCUT2D eigenvalue weighted by Gasteiger charge is 2.15. The molecule has 0 heterocycles. The molecular formula is C15H16N2O2. The molecule has 2 aromatic rings. The summed E-state index contributed by atoms with van der Waals surface area (Å²) in [5.74, 6) is -0.359. The molecule has 3 N–H and O–H groups in total. The second-order valence-corrected chi connectivity index (χ2v) is 4.13. The summed E-state index contributed by atoms with van der Waals surface area (Å²) in [5.41, 5.74) is 9.93. The number of rotatable bonds is 5. The summed E-state index contributed by atoms with van der Waals surface area (Å²) in [6.07, 6.45) is 0. The number of hydroxylamine groups is 1. The Hall–Kier alpha value is -2.17. The first-order valence-corrected chi connectivity index (χ1v) is 6.03. The van der Waals surface area contributed by atoms with Crippen molar-refractivity contribution in [2.24, 2.45) is 5.73 Å². The maximum Gasteiger partial charge on any atom is 0.265 e. The third-order valence-electron chi connectivity index (χ3n) is 2.70. The van der Waals surface area contributed by atoms with Crippen LogP contribution < -0.4 is 11.2 Å². The van der Waals surface area contributed by atoms with Crippen molar-refractivity contribution < 1.29 is 9.63 Å². The van der Waals surface area contributed by atoms with E-state index in [1.54, 1.807) is 12.1 Å². The Morgan fingerprint density at radius 3 is 2.26 bits per heavy atom. The molecule has 0 radical (unpaired) electrons. The first-order valence-electron chi connectivity index (χ1n) is 6.03. The molecule has 0 unspecified atom stereocenters. The molecule has 0 aliphatic heterocycles. The molecule has 19 heavy (non-hydrogen) atoms. The lowest BCUT2D eigenvalue weighted by atomic mass is 10.1. The maximum absolute atomic E-state index is 11.8. The highest BCUT2D eigenvalue weighted by Crippen LogP contribution is 2.09. The molecule has 4 nitrogen and oxygen atoms in total. The van der Waals surface area contributed by atoms with Gasteiger partial charge < -0.3 is 5.73 Å². The molecule has 0 bridgehead atoms. The monoisotopic (exact) mass is 256 g/mol. The summed E-state index contributed by atoms with van der Waals surface area (Å²) in [4.78, 5) is 16.9. The number of benzene rings is 2. The molecule has 0 saturated carbocycles. The second kappa shape index (κ2) is 6.68. The molecule has 4 heteroatoms. The van der Waals surface area contributed by atoms with Crippen LogP contribution in [0.2, 0.25) is 0 Å². The third-order valence-corrected chi connectivity index (χ3v) is 2.70. The Morgan fingerprint density at radius 2 is 1.63 bits per heavy atom. The van der Waals surface area contributed by atoms with Gasteiger partial charge in [0.25, 0.3) is 5.91 Å². The van der Waals surface area contributed by atoms with Crippen LogP contribution in [0.4, 0.5) is 0 Å². The third kappa shape index (κ3) is 3.91. The van der Waals surface area contributed by atoms with Gasteiger partial charge in [0.05, 0.1) is 6.61 Å². The molecule has 0 aliphatic carbocycles. The molecule has 0 aromatic heterocycles. The molecule has 98 valence electrons. The normalized spacial score (nSPS) is 11.8. The fourth-order valence-corrected chi connectivity index (χ4v) is 1.64. The number of nitrogens with two attached hydrogens (primary N) is 1. The highest BCUT2D eigenvalue weighted by molar-refractivity contribution is 5.81. The molecule has 1 atom stereocenters. The Kier molecular flexibility index (Phi) is 4.66. The fourth-order valence-electron chi connectivity index (χ4n) is 1.64. The Balaban J connectivity index is 1.82. The Morgan fingerprint density at radius 1 is 1.05 bits per heavy atom. The number of hydrogen-bond donors (Lipinski definition) is 2. The van der Waals surface area contributed by atoms with Gasteiger partial charge >= 0.3 is 0 Å². The van der Waals surface area contributed by atoms with E-state index in [1.807, 2.05) is 48.5 Å². The van der Waals surface area contributed by atoms with Gasteiger partial charge in [-0.15, -0.1) is 0 Å². The number of carbonyl (C=O) groups excluding carboxylic acids is 1. The van der Waals surface area contributed by atoms with Crippen LogP contribution in [0, 0.1) is 0 Å². The molecule has 0 fully saturated rings. The average molecular weight is 256 g/mol. The first-order chi connectivity index (χ1) is 9.27. The molecular weight excluding hydrogens is 240 g/mol. The van der Waals surface area contributed by atoms with E-state index in [0.717, 1.165) is 11.1 Å². The van der Waals surface area contributed by atoms with Gasteiger partial charge in [0.2, 0.25) is 0 Å². The van der Waals surface area contributed by atoms with Crippen LogP contribution >= 0.6 is 0 Å². The van der Waals surface area contributed by atoms with Crippen LogP contribution in [0.5, 0.6) is 0 Å². The van der Waals surface area contributed by atoms with Gasteiger partial charge in [0.15, 0.2) is 0 Å². The Bertz CT molecular complexity index is 514. The predicted molar refractivity (Wildman–Crippen MR) is 72.7 cm³/mol. The predicted octanol–water partition coefficient (Wildman–Crippen LogP) is 1.93. The van der Waals surface area contributed by atoms with Crippen molar-refractivity contribution in [2.75, 3.05) is 0 Å². The lowest BCUT2D eigenvalue weighted by Crippen LogP contribution is -2.34. The summed E-state index contributed by atoms with van der Waals surface area (Å²) < 4.78 is 0. The van der Waals surface area contributed by atoms with Crippen LogP contribution in [0.3, 0.4) is 0 Å². The topological polar surface area (TPSA) is 64.4 Å². The molecule has 2 aromatic carbocycles. The smallest absolute Gasteiger partial charge is 0.265 e. The van der Waals surface area contributed by atoms with Crippen LogP contribution in [-0.2, 0) is 16.2 Å². The minimum absolute atomic E-state index is 0.314. The number of hydrogen-bond acceptors (Lipinski definition) is 3. The SMILES string of the molecule is N[C@@H](C(=O)NOCc1ccccc1)c1ccccc1. The Labute approximate surface area is 112 Å². The number of nitrogens with one attached hydrogen (secondary N) is 1. The molecule has 0 spiro atoms. The van der Waals surface area contributed by atoms with Gasteiger partial charge in [-0.1, -0.05) is 60.7 Å². The van der Waals surface area contributed by atoms with E-state index in [-0.39, 0.29) is 5.91 Å². The van der Waals surface area contributed by atoms with Gasteiger partial charge in [-0.2, -0.15) is 0 Å². The van der Waals surface area contributed by atoms with Crippen molar-refractivity contribution in [1.29, 1.82) is 0 Å².